The van der Waals surface area contributed by atoms with Crippen molar-refractivity contribution in [2.24, 2.45) is 0 Å². The predicted molar refractivity (Wildman–Crippen MR) is 104 cm³/mol. The molecule has 0 saturated heterocycles. The van der Waals surface area contributed by atoms with Gasteiger partial charge in [-0.1, -0.05) is 18.2 Å². The third-order valence-electron chi connectivity index (χ3n) is 5.30. The Hall–Kier alpha value is -3.60. The minimum Gasteiger partial charge on any atom is -0.508 e. The highest BCUT2D eigenvalue weighted by atomic mass is 16.3. The molecule has 0 aliphatic carbocycles. The number of phenols is 1. The Morgan fingerprint density at radius 3 is 2.26 bits per heavy atom. The van der Waals surface area contributed by atoms with E-state index in [0.29, 0.717) is 16.5 Å². The number of phenolic OH excluding ortho intramolecular Hbond substituents is 1. The van der Waals surface area contributed by atoms with Gasteiger partial charge >= 0.3 is 0 Å². The van der Waals surface area contributed by atoms with Crippen LogP contribution in [0.5, 0.6) is 5.75 Å². The molecule has 1 aromatic heterocycles. The van der Waals surface area contributed by atoms with Crippen LogP contribution in [0.25, 0.3) is 32.9 Å². The third-order valence-corrected chi connectivity index (χ3v) is 5.30. The molecule has 0 bridgehead atoms. The average molecular weight is 356 g/mol. The molecular formula is C22H16N2O3. The van der Waals surface area contributed by atoms with E-state index in [-0.39, 0.29) is 11.7 Å². The molecule has 132 valence electrons. The quantitative estimate of drug-likeness (QED) is 0.447. The second-order valence-corrected chi connectivity index (χ2v) is 7.00. The molecule has 0 spiro atoms. The predicted octanol–water partition coefficient (Wildman–Crippen LogP) is 4.19. The topological polar surface area (TPSA) is 82.2 Å². The zero-order chi connectivity index (χ0) is 18.9. The number of hydrogen-bond donors (Lipinski definition) is 3. The lowest BCUT2D eigenvalue weighted by Gasteiger charge is -2.13. The van der Waals surface area contributed by atoms with Crippen molar-refractivity contribution >= 4 is 33.6 Å². The molecule has 1 aliphatic heterocycles. The number of hydrogen-bond acceptors (Lipinski definition) is 3. The van der Waals surface area contributed by atoms with E-state index in [4.69, 9.17) is 0 Å². The first kappa shape index (κ1) is 15.6. The maximum Gasteiger partial charge on any atom is 0.259 e. The lowest BCUT2D eigenvalue weighted by atomic mass is 9.88. The molecule has 0 fully saturated rings. The van der Waals surface area contributed by atoms with Gasteiger partial charge in [0, 0.05) is 21.8 Å². The van der Waals surface area contributed by atoms with Crippen molar-refractivity contribution in [3.63, 3.8) is 0 Å². The van der Waals surface area contributed by atoms with E-state index in [1.54, 1.807) is 18.2 Å². The molecule has 2 amide bonds. The van der Waals surface area contributed by atoms with Crippen LogP contribution in [0.1, 0.15) is 31.8 Å². The van der Waals surface area contributed by atoms with Gasteiger partial charge < -0.3 is 10.1 Å². The van der Waals surface area contributed by atoms with Crippen LogP contribution in [0.3, 0.4) is 0 Å². The minimum atomic E-state index is -0.405. The SMILES string of the molecule is Cc1cccc(C)c1-c1cc2[nH]c3ccc(O)cc3c2c2c1C(=O)NC2=O. The summed E-state index contributed by atoms with van der Waals surface area (Å²) < 4.78 is 0. The second-order valence-electron chi connectivity index (χ2n) is 7.00. The van der Waals surface area contributed by atoms with E-state index in [0.717, 1.165) is 38.7 Å². The molecule has 5 heteroatoms. The smallest absolute Gasteiger partial charge is 0.259 e. The van der Waals surface area contributed by atoms with Gasteiger partial charge in [-0.3, -0.25) is 14.9 Å². The van der Waals surface area contributed by atoms with Crippen molar-refractivity contribution in [1.82, 2.24) is 10.3 Å². The third kappa shape index (κ3) is 2.05. The molecule has 0 unspecified atom stereocenters. The summed E-state index contributed by atoms with van der Waals surface area (Å²) in [5.74, 6) is -0.679. The lowest BCUT2D eigenvalue weighted by Crippen LogP contribution is -2.20. The van der Waals surface area contributed by atoms with Gasteiger partial charge in [-0.2, -0.15) is 0 Å². The number of fused-ring (bicyclic) bond motifs is 5. The highest BCUT2D eigenvalue weighted by Gasteiger charge is 2.34. The molecule has 5 nitrogen and oxygen atoms in total. The van der Waals surface area contributed by atoms with Crippen molar-refractivity contribution in [2.75, 3.05) is 0 Å². The van der Waals surface area contributed by atoms with Gasteiger partial charge in [-0.05, 0) is 60.4 Å². The number of aryl methyl sites for hydroxylation is 2. The number of aromatic amines is 1. The number of amides is 2. The summed E-state index contributed by atoms with van der Waals surface area (Å²) in [6, 6.07) is 12.9. The van der Waals surface area contributed by atoms with Gasteiger partial charge in [-0.15, -0.1) is 0 Å². The number of aromatic hydroxyl groups is 1. The van der Waals surface area contributed by atoms with Crippen molar-refractivity contribution in [2.45, 2.75) is 13.8 Å². The van der Waals surface area contributed by atoms with Gasteiger partial charge in [0.05, 0.1) is 11.1 Å². The molecular weight excluding hydrogens is 340 g/mol. The van der Waals surface area contributed by atoms with E-state index < -0.39 is 5.91 Å². The minimum absolute atomic E-state index is 0.112. The Morgan fingerprint density at radius 2 is 1.52 bits per heavy atom. The molecule has 2 heterocycles. The van der Waals surface area contributed by atoms with Crippen LogP contribution in [0.15, 0.2) is 42.5 Å². The molecule has 0 saturated carbocycles. The summed E-state index contributed by atoms with van der Waals surface area (Å²) in [5.41, 5.74) is 6.11. The first-order chi connectivity index (χ1) is 13.0. The van der Waals surface area contributed by atoms with Crippen LogP contribution in [-0.2, 0) is 0 Å². The Labute approximate surface area is 154 Å². The molecule has 0 radical (unpaired) electrons. The zero-order valence-electron chi connectivity index (χ0n) is 14.8. The standard InChI is InChI=1S/C22H16N2O3/c1-10-4-3-5-11(2)17(10)14-9-16-18(20-19(14)21(26)24-22(20)27)13-8-12(25)6-7-15(13)23-16/h3-9,23,25H,1-2H3,(H,24,26,27). The molecule has 3 N–H and O–H groups in total. The fourth-order valence-electron chi connectivity index (χ4n) is 4.18. The molecule has 0 atom stereocenters. The van der Waals surface area contributed by atoms with E-state index >= 15 is 0 Å². The molecule has 27 heavy (non-hydrogen) atoms. The number of rotatable bonds is 1. The largest absolute Gasteiger partial charge is 0.508 e. The van der Waals surface area contributed by atoms with E-state index in [2.05, 4.69) is 10.3 Å². The molecule has 4 aromatic rings. The summed E-state index contributed by atoms with van der Waals surface area (Å²) in [6.07, 6.45) is 0. The second kappa shape index (κ2) is 5.20. The number of aromatic nitrogens is 1. The number of H-pyrrole nitrogens is 1. The van der Waals surface area contributed by atoms with Crippen LogP contribution < -0.4 is 5.32 Å². The summed E-state index contributed by atoms with van der Waals surface area (Å²) >= 11 is 0. The maximum absolute atomic E-state index is 12.7. The Morgan fingerprint density at radius 1 is 0.815 bits per heavy atom. The summed E-state index contributed by atoms with van der Waals surface area (Å²) in [6.45, 7) is 3.99. The summed E-state index contributed by atoms with van der Waals surface area (Å²) in [4.78, 5) is 28.6. The van der Waals surface area contributed by atoms with Crippen molar-refractivity contribution in [3.05, 3.63) is 64.7 Å². The Bertz CT molecular complexity index is 1290. The Kier molecular flexibility index (Phi) is 3.01. The van der Waals surface area contributed by atoms with Crippen LogP contribution in [-0.4, -0.2) is 21.9 Å². The van der Waals surface area contributed by atoms with Crippen LogP contribution in [0.4, 0.5) is 0 Å². The van der Waals surface area contributed by atoms with E-state index in [1.807, 2.05) is 38.1 Å². The van der Waals surface area contributed by atoms with Crippen molar-refractivity contribution in [3.8, 4) is 16.9 Å². The van der Waals surface area contributed by atoms with Crippen LogP contribution in [0.2, 0.25) is 0 Å². The monoisotopic (exact) mass is 356 g/mol. The fraction of sp³-hybridized carbons (Fsp3) is 0.0909. The van der Waals surface area contributed by atoms with Gasteiger partial charge in [0.15, 0.2) is 0 Å². The number of imide groups is 1. The first-order valence-electron chi connectivity index (χ1n) is 8.69. The molecule has 3 aromatic carbocycles. The first-order valence-corrected chi connectivity index (χ1v) is 8.69. The zero-order valence-corrected chi connectivity index (χ0v) is 14.8. The lowest BCUT2D eigenvalue weighted by molar-refractivity contribution is 0.0880. The number of benzene rings is 3. The normalized spacial score (nSPS) is 13.4. The highest BCUT2D eigenvalue weighted by Crippen LogP contribution is 2.41. The number of carbonyl (C=O) groups is 2. The van der Waals surface area contributed by atoms with Crippen LogP contribution >= 0.6 is 0 Å². The maximum atomic E-state index is 12.7. The highest BCUT2D eigenvalue weighted by molar-refractivity contribution is 6.32. The van der Waals surface area contributed by atoms with Crippen molar-refractivity contribution < 1.29 is 14.7 Å². The van der Waals surface area contributed by atoms with Gasteiger partial charge in [0.2, 0.25) is 0 Å². The fourth-order valence-corrected chi connectivity index (χ4v) is 4.18. The summed E-state index contributed by atoms with van der Waals surface area (Å²) in [7, 11) is 0. The van der Waals surface area contributed by atoms with Gasteiger partial charge in [-0.25, -0.2) is 0 Å². The van der Waals surface area contributed by atoms with Crippen LogP contribution in [0, 0.1) is 13.8 Å². The van der Waals surface area contributed by atoms with E-state index in [1.165, 1.54) is 0 Å². The van der Waals surface area contributed by atoms with Gasteiger partial charge in [0.1, 0.15) is 5.75 Å². The molecule has 5 rings (SSSR count). The Balaban J connectivity index is 2.01. The molecule has 1 aliphatic rings. The average Bonchev–Trinajstić information content (AvgIpc) is 3.11. The van der Waals surface area contributed by atoms with E-state index in [9.17, 15) is 14.7 Å². The number of nitrogens with one attached hydrogen (secondary N) is 2. The van der Waals surface area contributed by atoms with Crippen molar-refractivity contribution in [1.29, 1.82) is 0 Å². The van der Waals surface area contributed by atoms with Gasteiger partial charge in [0.25, 0.3) is 11.8 Å². The summed E-state index contributed by atoms with van der Waals surface area (Å²) in [5, 5.41) is 13.7. The number of carbonyl (C=O) groups excluding carboxylic acids is 2.